The number of rotatable bonds is 4. The molecular formula is C11H15N4NaO5S2. The first kappa shape index (κ1) is 18.7. The summed E-state index contributed by atoms with van der Waals surface area (Å²) in [6, 6.07) is -1.43. The number of hydrogen-bond acceptors (Lipinski definition) is 6. The molecular weight excluding hydrogens is 355 g/mol. The van der Waals surface area contributed by atoms with E-state index < -0.39 is 28.3 Å². The number of amides is 2. The number of thioether (sulfide) groups is 1. The third kappa shape index (κ3) is 3.30. The number of aryl methyl sites for hydroxylation is 1. The molecule has 122 valence electrons. The second-order valence-corrected chi connectivity index (χ2v) is 7.34. The van der Waals surface area contributed by atoms with E-state index in [9.17, 15) is 18.0 Å². The zero-order valence-corrected chi connectivity index (χ0v) is 13.2. The molecule has 23 heavy (non-hydrogen) atoms. The van der Waals surface area contributed by atoms with Crippen LogP contribution in [0.25, 0.3) is 0 Å². The summed E-state index contributed by atoms with van der Waals surface area (Å²) in [4.78, 5) is 29.6. The number of carbonyl (C=O) groups excluding carboxylic acids is 2. The molecule has 2 fully saturated rings. The molecule has 0 aromatic carbocycles. The van der Waals surface area contributed by atoms with Crippen LogP contribution in [0.15, 0.2) is 17.6 Å². The number of fused-ring (bicyclic) bond motifs is 1. The summed E-state index contributed by atoms with van der Waals surface area (Å²) in [5.74, 6) is -0.878. The molecule has 2 saturated heterocycles. The summed E-state index contributed by atoms with van der Waals surface area (Å²) < 4.78 is 33.4. The van der Waals surface area contributed by atoms with Crippen LogP contribution in [0.3, 0.4) is 0 Å². The van der Waals surface area contributed by atoms with Crippen LogP contribution in [0.2, 0.25) is 0 Å². The van der Waals surface area contributed by atoms with Crippen molar-refractivity contribution in [2.45, 2.75) is 23.7 Å². The Bertz CT molecular complexity index is 737. The number of nitrogens with zero attached hydrogens (tertiary/aromatic N) is 4. The van der Waals surface area contributed by atoms with Crippen molar-refractivity contribution in [1.82, 2.24) is 18.8 Å². The van der Waals surface area contributed by atoms with Crippen molar-refractivity contribution in [2.24, 2.45) is 7.05 Å². The number of imidazole rings is 1. The summed E-state index contributed by atoms with van der Waals surface area (Å²) in [5, 5.41) is 0.684. The van der Waals surface area contributed by atoms with Gasteiger partial charge >= 0.3 is 39.9 Å². The summed E-state index contributed by atoms with van der Waals surface area (Å²) in [5.41, 5.74) is 0. The average molecular weight is 370 g/mol. The topological polar surface area (TPSA) is 113 Å². The van der Waals surface area contributed by atoms with Crippen LogP contribution in [0, 0.1) is 0 Å². The molecule has 2 atom stereocenters. The fourth-order valence-corrected chi connectivity index (χ4v) is 4.51. The van der Waals surface area contributed by atoms with Gasteiger partial charge in [-0.15, -0.1) is 0 Å². The van der Waals surface area contributed by atoms with Crippen molar-refractivity contribution in [3.63, 3.8) is 0 Å². The van der Waals surface area contributed by atoms with Crippen molar-refractivity contribution in [3.8, 4) is 0 Å². The molecule has 3 rings (SSSR count). The van der Waals surface area contributed by atoms with Gasteiger partial charge in [-0.3, -0.25) is 14.1 Å². The normalized spacial score (nSPS) is 23.3. The van der Waals surface area contributed by atoms with E-state index >= 15 is 0 Å². The summed E-state index contributed by atoms with van der Waals surface area (Å²) in [6.07, 6.45) is 3.73. The van der Waals surface area contributed by atoms with Crippen LogP contribution in [0.4, 0.5) is 0 Å². The first-order valence-electron chi connectivity index (χ1n) is 6.51. The van der Waals surface area contributed by atoms with E-state index in [-0.39, 0.29) is 41.2 Å². The van der Waals surface area contributed by atoms with Crippen LogP contribution in [0.1, 0.15) is 6.42 Å². The Morgan fingerprint density at radius 3 is 2.78 bits per heavy atom. The van der Waals surface area contributed by atoms with Gasteiger partial charge in [0.15, 0.2) is 5.16 Å². The molecule has 0 bridgehead atoms. The Labute approximate surface area is 159 Å². The zero-order chi connectivity index (χ0) is 16.1. The zero-order valence-electron chi connectivity index (χ0n) is 11.6. The first-order valence-corrected chi connectivity index (χ1v) is 8.89. The van der Waals surface area contributed by atoms with Gasteiger partial charge < -0.3 is 9.47 Å². The van der Waals surface area contributed by atoms with Gasteiger partial charge in [-0.1, -0.05) is 11.8 Å². The maximum absolute atomic E-state index is 12.2. The number of β-lactam (4-membered cyclic amide) rings is 1. The monoisotopic (exact) mass is 370 g/mol. The van der Waals surface area contributed by atoms with E-state index in [1.165, 1.54) is 16.7 Å². The molecule has 1 aromatic rings. The molecule has 1 aromatic heterocycles. The Kier molecular flexibility index (Phi) is 5.48. The van der Waals surface area contributed by atoms with Gasteiger partial charge in [0.25, 0.3) is 5.91 Å². The van der Waals surface area contributed by atoms with Crippen LogP contribution in [-0.2, 0) is 26.9 Å². The van der Waals surface area contributed by atoms with Gasteiger partial charge in [-0.05, 0) is 6.42 Å². The summed E-state index contributed by atoms with van der Waals surface area (Å²) >= 11 is 1.25. The van der Waals surface area contributed by atoms with E-state index in [4.69, 9.17) is 4.55 Å². The molecule has 2 amide bonds. The van der Waals surface area contributed by atoms with E-state index in [0.29, 0.717) is 22.4 Å². The van der Waals surface area contributed by atoms with Gasteiger partial charge in [-0.2, -0.15) is 8.42 Å². The summed E-state index contributed by atoms with van der Waals surface area (Å²) in [6.45, 7) is 0.299. The van der Waals surface area contributed by atoms with Crippen LogP contribution in [0.5, 0.6) is 0 Å². The number of hydrogen-bond donors (Lipinski definition) is 1. The fraction of sp³-hybridized carbons (Fsp3) is 0.545. The van der Waals surface area contributed by atoms with Crippen LogP contribution < -0.4 is 0 Å². The standard InChI is InChI=1S/C11H14N4O5S2.Na.H/c1-13-5-3-12-11(13)21-6-8(16)14-4-2-7-9(14)10(17)15(7)22(18,19)20;;/h3,5,7,9H,2,4,6H2,1H3,(H,18,19,20);;/t7-,9+;;/m1../s1. The van der Waals surface area contributed by atoms with Gasteiger partial charge in [0.1, 0.15) is 6.04 Å². The number of carbonyl (C=O) groups is 2. The fourth-order valence-electron chi connectivity index (χ4n) is 2.80. The molecule has 0 spiro atoms. The number of aromatic nitrogens is 2. The molecule has 3 heterocycles. The van der Waals surface area contributed by atoms with E-state index in [2.05, 4.69) is 4.98 Å². The second kappa shape index (κ2) is 6.73. The maximum atomic E-state index is 12.2. The third-order valence-electron chi connectivity index (χ3n) is 3.81. The van der Waals surface area contributed by atoms with Crippen molar-refractivity contribution in [3.05, 3.63) is 12.4 Å². The van der Waals surface area contributed by atoms with Gasteiger partial charge in [0, 0.05) is 26.0 Å². The average Bonchev–Trinajstić information content (AvgIpc) is 2.98. The Morgan fingerprint density at radius 2 is 2.22 bits per heavy atom. The molecule has 9 nitrogen and oxygen atoms in total. The SMILES string of the molecule is Cn1ccnc1SCC(=O)N1CC[C@@H]2[C@H]1C(=O)N2S(=O)(=O)O.[NaH]. The van der Waals surface area contributed by atoms with Crippen molar-refractivity contribution >= 4 is 63.4 Å². The van der Waals surface area contributed by atoms with Crippen molar-refractivity contribution in [2.75, 3.05) is 12.3 Å². The second-order valence-electron chi connectivity index (χ2n) is 5.11. The van der Waals surface area contributed by atoms with E-state index in [1.54, 1.807) is 17.0 Å². The van der Waals surface area contributed by atoms with Crippen LogP contribution >= 0.6 is 11.8 Å². The quantitative estimate of drug-likeness (QED) is 0.296. The molecule has 0 radical (unpaired) electrons. The van der Waals surface area contributed by atoms with Crippen molar-refractivity contribution in [1.29, 1.82) is 0 Å². The minimum absolute atomic E-state index is 0. The molecule has 1 N–H and O–H groups in total. The molecule has 0 unspecified atom stereocenters. The van der Waals surface area contributed by atoms with Crippen molar-refractivity contribution < 1.29 is 22.6 Å². The predicted molar refractivity (Wildman–Crippen MR) is 83.4 cm³/mol. The molecule has 2 aliphatic heterocycles. The molecule has 0 aliphatic carbocycles. The third-order valence-corrected chi connectivity index (χ3v) is 5.80. The minimum atomic E-state index is -4.54. The molecule has 0 saturated carbocycles. The summed E-state index contributed by atoms with van der Waals surface area (Å²) in [7, 11) is -2.73. The van der Waals surface area contributed by atoms with Crippen LogP contribution in [-0.4, -0.2) is 97.5 Å². The molecule has 12 heteroatoms. The van der Waals surface area contributed by atoms with E-state index in [0.717, 1.165) is 0 Å². The van der Waals surface area contributed by atoms with Gasteiger partial charge in [-0.25, -0.2) is 9.29 Å². The first-order chi connectivity index (χ1) is 10.3. The Balaban J connectivity index is 0.00000192. The predicted octanol–water partition coefficient (Wildman–Crippen LogP) is -1.52. The van der Waals surface area contributed by atoms with E-state index in [1.807, 2.05) is 7.05 Å². The Morgan fingerprint density at radius 1 is 1.52 bits per heavy atom. The molecule has 2 aliphatic rings. The Hall–Kier alpha value is -0.590. The van der Waals surface area contributed by atoms with Gasteiger partial charge in [0.2, 0.25) is 5.91 Å². The number of likely N-dealkylation sites (tertiary alicyclic amines) is 1. The van der Waals surface area contributed by atoms with Gasteiger partial charge in [0.05, 0.1) is 11.8 Å².